The summed E-state index contributed by atoms with van der Waals surface area (Å²) in [5, 5.41) is 9.29. The summed E-state index contributed by atoms with van der Waals surface area (Å²) >= 11 is 3.45. The number of sulfonamides is 1. The highest BCUT2D eigenvalue weighted by Gasteiger charge is 2.39. The molecule has 1 aliphatic heterocycles. The molecule has 1 atom stereocenters. The molecule has 1 aliphatic rings. The highest BCUT2D eigenvalue weighted by atomic mass is 79.9. The quantitative estimate of drug-likeness (QED) is 0.349. The number of rotatable bonds is 5. The molecule has 6 nitrogen and oxygen atoms in total. The van der Waals surface area contributed by atoms with Gasteiger partial charge in [0.25, 0.3) is 10.0 Å². The minimum absolute atomic E-state index is 0.212. The maximum Gasteiger partial charge on any atom is 0.279 e. The lowest BCUT2D eigenvalue weighted by Gasteiger charge is -2.22. The Morgan fingerprint density at radius 3 is 2.21 bits per heavy atom. The number of nitrogens with zero attached hydrogens (tertiary/aromatic N) is 4. The van der Waals surface area contributed by atoms with E-state index >= 15 is 0 Å². The van der Waals surface area contributed by atoms with Crippen molar-refractivity contribution in [3.05, 3.63) is 112 Å². The molecule has 0 spiro atoms. The first-order chi connectivity index (χ1) is 15.9. The van der Waals surface area contributed by atoms with E-state index in [1.54, 1.807) is 35.0 Å². The van der Waals surface area contributed by atoms with Crippen molar-refractivity contribution >= 4 is 31.7 Å². The smallest absolute Gasteiger partial charge is 0.240 e. The minimum Gasteiger partial charge on any atom is -0.240 e. The van der Waals surface area contributed by atoms with Gasteiger partial charge in [-0.15, -0.1) is 0 Å². The predicted molar refractivity (Wildman–Crippen MR) is 132 cm³/mol. The van der Waals surface area contributed by atoms with E-state index in [9.17, 15) is 8.42 Å². The van der Waals surface area contributed by atoms with Gasteiger partial charge in [0, 0.05) is 22.7 Å². The van der Waals surface area contributed by atoms with Gasteiger partial charge in [-0.3, -0.25) is 0 Å². The van der Waals surface area contributed by atoms with Gasteiger partial charge in [-0.25, -0.2) is 4.68 Å². The van der Waals surface area contributed by atoms with Crippen LogP contribution in [-0.2, 0) is 10.0 Å². The van der Waals surface area contributed by atoms with Gasteiger partial charge < -0.3 is 0 Å². The van der Waals surface area contributed by atoms with Crippen molar-refractivity contribution in [1.29, 1.82) is 0 Å². The first kappa shape index (κ1) is 21.6. The first-order valence-corrected chi connectivity index (χ1v) is 12.7. The van der Waals surface area contributed by atoms with Gasteiger partial charge >= 0.3 is 0 Å². The molecule has 0 radical (unpaired) electrons. The fraction of sp³-hybridized carbons (Fsp3) is 0.120. The van der Waals surface area contributed by atoms with E-state index in [0.717, 1.165) is 32.7 Å². The summed E-state index contributed by atoms with van der Waals surface area (Å²) < 4.78 is 31.2. The zero-order valence-corrected chi connectivity index (χ0v) is 20.2. The zero-order valence-electron chi connectivity index (χ0n) is 17.8. The molecule has 2 heterocycles. The zero-order chi connectivity index (χ0) is 23.0. The molecule has 3 aromatic carbocycles. The van der Waals surface area contributed by atoms with Gasteiger partial charge in [-0.1, -0.05) is 64.5 Å². The molecule has 8 heteroatoms. The van der Waals surface area contributed by atoms with E-state index in [2.05, 4.69) is 26.1 Å². The molecule has 4 aromatic rings. The number of hydrogen-bond donors (Lipinski definition) is 0. The van der Waals surface area contributed by atoms with Gasteiger partial charge in [0.15, 0.2) is 0 Å². The van der Waals surface area contributed by atoms with Crippen LogP contribution in [0.2, 0.25) is 0 Å². The molecule has 0 unspecified atom stereocenters. The maximum atomic E-state index is 13.6. The lowest BCUT2D eigenvalue weighted by Crippen LogP contribution is -2.27. The Morgan fingerprint density at radius 2 is 1.55 bits per heavy atom. The van der Waals surface area contributed by atoms with Crippen molar-refractivity contribution in [3.8, 4) is 5.69 Å². The SMILES string of the molecule is Cc1nn(-c2ccccc2)cc1[C@H]1CC(c2ccc(Br)cc2)=NN1S(=O)(=O)c1ccccc1. The fourth-order valence-electron chi connectivity index (χ4n) is 3.97. The summed E-state index contributed by atoms with van der Waals surface area (Å²) in [4.78, 5) is 0.212. The summed E-state index contributed by atoms with van der Waals surface area (Å²) in [6, 6.07) is 25.5. The van der Waals surface area contributed by atoms with Crippen molar-refractivity contribution in [2.24, 2.45) is 5.10 Å². The lowest BCUT2D eigenvalue weighted by atomic mass is 10.00. The molecule has 0 saturated heterocycles. The van der Waals surface area contributed by atoms with Crippen molar-refractivity contribution in [1.82, 2.24) is 14.2 Å². The topological polar surface area (TPSA) is 67.6 Å². The second-order valence-corrected chi connectivity index (χ2v) is 10.5. The van der Waals surface area contributed by atoms with Crippen LogP contribution in [0.25, 0.3) is 5.69 Å². The van der Waals surface area contributed by atoms with E-state index in [1.807, 2.05) is 67.7 Å². The Labute approximate surface area is 201 Å². The number of hydrazone groups is 1. The van der Waals surface area contributed by atoms with E-state index in [4.69, 9.17) is 0 Å². The monoisotopic (exact) mass is 520 g/mol. The Kier molecular flexibility index (Phi) is 5.64. The van der Waals surface area contributed by atoms with Crippen molar-refractivity contribution in [2.75, 3.05) is 0 Å². The van der Waals surface area contributed by atoms with E-state index in [-0.39, 0.29) is 4.90 Å². The van der Waals surface area contributed by atoms with Crippen LogP contribution in [0.5, 0.6) is 0 Å². The average Bonchev–Trinajstić information content (AvgIpc) is 3.45. The van der Waals surface area contributed by atoms with Gasteiger partial charge in [-0.05, 0) is 48.9 Å². The molecule has 166 valence electrons. The third kappa shape index (κ3) is 4.12. The van der Waals surface area contributed by atoms with Crippen LogP contribution in [0.3, 0.4) is 0 Å². The summed E-state index contributed by atoms with van der Waals surface area (Å²) in [7, 11) is -3.86. The molecule has 0 amide bonds. The van der Waals surface area contributed by atoms with Crippen LogP contribution in [0.1, 0.15) is 29.3 Å². The highest BCUT2D eigenvalue weighted by molar-refractivity contribution is 9.10. The Hall–Kier alpha value is -3.23. The largest absolute Gasteiger partial charge is 0.279 e. The molecule has 0 saturated carbocycles. The van der Waals surface area contributed by atoms with Gasteiger partial charge in [0.05, 0.1) is 28.0 Å². The molecular formula is C25H21BrN4O2S. The van der Waals surface area contributed by atoms with Crippen LogP contribution in [0.15, 0.2) is 106 Å². The molecule has 33 heavy (non-hydrogen) atoms. The van der Waals surface area contributed by atoms with Gasteiger partial charge in [0.2, 0.25) is 0 Å². The Morgan fingerprint density at radius 1 is 0.909 bits per heavy atom. The van der Waals surface area contributed by atoms with Crippen LogP contribution in [0.4, 0.5) is 0 Å². The summed E-state index contributed by atoms with van der Waals surface area (Å²) in [5.74, 6) is 0. The minimum atomic E-state index is -3.86. The van der Waals surface area contributed by atoms with Gasteiger partial charge in [-0.2, -0.15) is 23.0 Å². The Balaban J connectivity index is 1.60. The molecule has 0 N–H and O–H groups in total. The van der Waals surface area contributed by atoms with Crippen LogP contribution < -0.4 is 0 Å². The molecule has 0 aliphatic carbocycles. The normalized spacial score (nSPS) is 16.1. The van der Waals surface area contributed by atoms with Gasteiger partial charge in [0.1, 0.15) is 0 Å². The number of aromatic nitrogens is 2. The molecular weight excluding hydrogens is 500 g/mol. The second kappa shape index (κ2) is 8.61. The summed E-state index contributed by atoms with van der Waals surface area (Å²) in [6.07, 6.45) is 2.36. The fourth-order valence-corrected chi connectivity index (χ4v) is 5.68. The lowest BCUT2D eigenvalue weighted by molar-refractivity contribution is 0.370. The van der Waals surface area contributed by atoms with E-state index in [1.165, 1.54) is 4.41 Å². The van der Waals surface area contributed by atoms with Crippen LogP contribution in [-0.4, -0.2) is 28.3 Å². The molecule has 1 aromatic heterocycles. The maximum absolute atomic E-state index is 13.6. The molecule has 0 bridgehead atoms. The van der Waals surface area contributed by atoms with Crippen molar-refractivity contribution in [2.45, 2.75) is 24.3 Å². The summed E-state index contributed by atoms with van der Waals surface area (Å²) in [5.41, 5.74) is 4.12. The third-order valence-corrected chi connectivity index (χ3v) is 7.88. The predicted octanol–water partition coefficient (Wildman–Crippen LogP) is 5.48. The number of hydrogen-bond acceptors (Lipinski definition) is 4. The third-order valence-electron chi connectivity index (χ3n) is 5.65. The number of para-hydroxylation sites is 1. The van der Waals surface area contributed by atoms with Crippen LogP contribution in [0, 0.1) is 6.92 Å². The molecule has 5 rings (SSSR count). The molecule has 0 fully saturated rings. The van der Waals surface area contributed by atoms with Crippen molar-refractivity contribution < 1.29 is 8.42 Å². The number of halogens is 1. The van der Waals surface area contributed by atoms with Crippen molar-refractivity contribution in [3.63, 3.8) is 0 Å². The second-order valence-electron chi connectivity index (χ2n) is 7.81. The van der Waals surface area contributed by atoms with E-state index < -0.39 is 16.1 Å². The van der Waals surface area contributed by atoms with E-state index in [0.29, 0.717) is 6.42 Å². The Bertz CT molecular complexity index is 1420. The number of aryl methyl sites for hydroxylation is 1. The van der Waals surface area contributed by atoms with Crippen LogP contribution >= 0.6 is 15.9 Å². The first-order valence-electron chi connectivity index (χ1n) is 10.5. The average molecular weight is 521 g/mol. The summed E-state index contributed by atoms with van der Waals surface area (Å²) in [6.45, 7) is 1.90. The number of benzene rings is 3. The standard InChI is InChI=1S/C25H21BrN4O2S/c1-18-23(17-29(27-18)21-8-4-2-5-9-21)25-16-24(19-12-14-20(26)15-13-19)28-30(25)33(31,32)22-10-6-3-7-11-22/h2-15,17,25H,16H2,1H3/t25-/m1/s1. The highest BCUT2D eigenvalue weighted by Crippen LogP contribution is 2.38.